The summed E-state index contributed by atoms with van der Waals surface area (Å²) in [4.78, 5) is 0. The van der Waals surface area contributed by atoms with Crippen LogP contribution in [0.25, 0.3) is 0 Å². The van der Waals surface area contributed by atoms with Gasteiger partial charge in [0.25, 0.3) is 0 Å². The molecule has 0 spiro atoms. The zero-order chi connectivity index (χ0) is 11.8. The summed E-state index contributed by atoms with van der Waals surface area (Å²) in [7, 11) is 3.17. The third kappa shape index (κ3) is 1.50. The molecule has 0 aromatic heterocycles. The molecule has 1 aromatic carbocycles. The van der Waals surface area contributed by atoms with E-state index in [0.29, 0.717) is 11.5 Å². The van der Waals surface area contributed by atoms with E-state index in [1.165, 1.54) is 0 Å². The Bertz CT molecular complexity index is 452. The fourth-order valence-electron chi connectivity index (χ4n) is 1.72. The van der Waals surface area contributed by atoms with Gasteiger partial charge in [0.15, 0.2) is 17.6 Å². The summed E-state index contributed by atoms with van der Waals surface area (Å²) < 4.78 is 15.7. The summed E-state index contributed by atoms with van der Waals surface area (Å²) in [6, 6.07) is 7.65. The van der Waals surface area contributed by atoms with Gasteiger partial charge in [0.2, 0.25) is 0 Å². The lowest BCUT2D eigenvalue weighted by Crippen LogP contribution is -2.07. The predicted octanol–water partition coefficient (Wildman–Crippen LogP) is 1.84. The number of rotatable bonds is 3. The lowest BCUT2D eigenvalue weighted by Gasteiger charge is -2.11. The second-order valence-electron chi connectivity index (χ2n) is 3.80. The van der Waals surface area contributed by atoms with Crippen molar-refractivity contribution < 1.29 is 14.2 Å². The summed E-state index contributed by atoms with van der Waals surface area (Å²) >= 11 is 0. The van der Waals surface area contributed by atoms with Crippen LogP contribution in [0, 0.1) is 11.3 Å². The molecule has 1 fully saturated rings. The Morgan fingerprint density at radius 1 is 1.31 bits per heavy atom. The first-order chi connectivity index (χ1) is 7.65. The van der Waals surface area contributed by atoms with Gasteiger partial charge in [0.05, 0.1) is 20.3 Å². The van der Waals surface area contributed by atoms with Crippen LogP contribution in [-0.4, -0.2) is 20.3 Å². The lowest BCUT2D eigenvalue weighted by atomic mass is 9.97. The summed E-state index contributed by atoms with van der Waals surface area (Å²) in [6.07, 6.45) is -0.370. The van der Waals surface area contributed by atoms with Crippen LogP contribution in [0.2, 0.25) is 0 Å². The Balaban J connectivity index is 2.35. The normalized spacial score (nSPS) is 27.0. The molecule has 1 aliphatic rings. The van der Waals surface area contributed by atoms with Crippen molar-refractivity contribution in [2.75, 3.05) is 14.2 Å². The number of benzene rings is 1. The minimum atomic E-state index is -0.506. The molecular weight excluding hydrogens is 206 g/mol. The van der Waals surface area contributed by atoms with Crippen LogP contribution in [0.5, 0.6) is 11.5 Å². The van der Waals surface area contributed by atoms with Gasteiger partial charge < -0.3 is 14.2 Å². The molecule has 1 saturated heterocycles. The molecule has 2 rings (SSSR count). The molecule has 0 aliphatic carbocycles. The first-order valence-corrected chi connectivity index (χ1v) is 4.95. The Hall–Kier alpha value is -1.73. The minimum Gasteiger partial charge on any atom is -0.493 e. The van der Waals surface area contributed by atoms with Gasteiger partial charge in [-0.15, -0.1) is 0 Å². The van der Waals surface area contributed by atoms with E-state index in [2.05, 4.69) is 6.07 Å². The molecule has 4 nitrogen and oxygen atoms in total. The van der Waals surface area contributed by atoms with Crippen LogP contribution in [0.15, 0.2) is 18.2 Å². The van der Waals surface area contributed by atoms with E-state index in [4.69, 9.17) is 19.5 Å². The molecule has 1 aromatic rings. The van der Waals surface area contributed by atoms with Crippen LogP contribution in [0.3, 0.4) is 0 Å². The third-order valence-electron chi connectivity index (χ3n) is 2.88. The molecule has 0 amide bonds. The van der Waals surface area contributed by atoms with Crippen molar-refractivity contribution in [1.82, 2.24) is 0 Å². The van der Waals surface area contributed by atoms with Crippen LogP contribution in [0.1, 0.15) is 12.5 Å². The molecule has 4 heteroatoms. The molecule has 84 valence electrons. The smallest absolute Gasteiger partial charge is 0.178 e. The summed E-state index contributed by atoms with van der Waals surface area (Å²) in [5.41, 5.74) is 0.422. The monoisotopic (exact) mass is 219 g/mol. The number of hydrogen-bond acceptors (Lipinski definition) is 4. The van der Waals surface area contributed by atoms with E-state index < -0.39 is 5.60 Å². The van der Waals surface area contributed by atoms with Crippen LogP contribution in [0.4, 0.5) is 0 Å². The maximum atomic E-state index is 8.80. The van der Waals surface area contributed by atoms with E-state index in [1.54, 1.807) is 14.2 Å². The van der Waals surface area contributed by atoms with Crippen molar-refractivity contribution in [2.45, 2.75) is 18.6 Å². The van der Waals surface area contributed by atoms with Crippen molar-refractivity contribution >= 4 is 0 Å². The number of nitriles is 1. The number of hydrogen-bond donors (Lipinski definition) is 0. The van der Waals surface area contributed by atoms with Crippen molar-refractivity contribution in [2.24, 2.45) is 0 Å². The Labute approximate surface area is 94.3 Å². The zero-order valence-corrected chi connectivity index (χ0v) is 9.48. The standard InChI is InChI=1S/C12H13NO3/c1-12(11(7-13)16-12)8-4-5-9(14-2)10(6-8)15-3/h4-6,11H,1-3H3. The number of methoxy groups -OCH3 is 2. The fraction of sp³-hybridized carbons (Fsp3) is 0.417. The molecule has 2 atom stereocenters. The highest BCUT2D eigenvalue weighted by atomic mass is 16.6. The second kappa shape index (κ2) is 3.69. The number of epoxide rings is 1. The Morgan fingerprint density at radius 3 is 2.50 bits per heavy atom. The van der Waals surface area contributed by atoms with Gasteiger partial charge in [0.1, 0.15) is 5.60 Å². The number of ether oxygens (including phenoxy) is 3. The van der Waals surface area contributed by atoms with Crippen molar-refractivity contribution in [3.05, 3.63) is 23.8 Å². The molecule has 2 unspecified atom stereocenters. The van der Waals surface area contributed by atoms with Crippen LogP contribution < -0.4 is 9.47 Å². The van der Waals surface area contributed by atoms with Crippen molar-refractivity contribution in [3.8, 4) is 17.6 Å². The van der Waals surface area contributed by atoms with Crippen molar-refractivity contribution in [3.63, 3.8) is 0 Å². The highest BCUT2D eigenvalue weighted by Gasteiger charge is 2.54. The maximum Gasteiger partial charge on any atom is 0.178 e. The minimum absolute atomic E-state index is 0.370. The molecule has 0 radical (unpaired) electrons. The Kier molecular flexibility index (Phi) is 2.49. The van der Waals surface area contributed by atoms with Crippen LogP contribution in [-0.2, 0) is 10.3 Å². The van der Waals surface area contributed by atoms with E-state index in [-0.39, 0.29) is 6.10 Å². The average Bonchev–Trinajstić information content (AvgIpc) is 3.01. The molecule has 0 N–H and O–H groups in total. The van der Waals surface area contributed by atoms with E-state index in [0.717, 1.165) is 5.56 Å². The highest BCUT2D eigenvalue weighted by molar-refractivity contribution is 5.46. The van der Waals surface area contributed by atoms with Gasteiger partial charge in [-0.25, -0.2) is 0 Å². The van der Waals surface area contributed by atoms with Gasteiger partial charge in [-0.2, -0.15) is 5.26 Å². The SMILES string of the molecule is COc1ccc(C2(C)OC2C#N)cc1OC. The first-order valence-electron chi connectivity index (χ1n) is 4.95. The van der Waals surface area contributed by atoms with Gasteiger partial charge in [0, 0.05) is 0 Å². The quantitative estimate of drug-likeness (QED) is 0.728. The largest absolute Gasteiger partial charge is 0.493 e. The van der Waals surface area contributed by atoms with E-state index in [1.807, 2.05) is 25.1 Å². The van der Waals surface area contributed by atoms with E-state index >= 15 is 0 Å². The van der Waals surface area contributed by atoms with Gasteiger partial charge in [-0.1, -0.05) is 6.07 Å². The fourth-order valence-corrected chi connectivity index (χ4v) is 1.72. The van der Waals surface area contributed by atoms with Crippen molar-refractivity contribution in [1.29, 1.82) is 5.26 Å². The molecule has 0 saturated carbocycles. The first kappa shape index (κ1) is 10.8. The average molecular weight is 219 g/mol. The molecule has 1 aliphatic heterocycles. The lowest BCUT2D eigenvalue weighted by molar-refractivity contribution is 0.318. The van der Waals surface area contributed by atoms with Crippen LogP contribution >= 0.6 is 0 Å². The highest BCUT2D eigenvalue weighted by Crippen LogP contribution is 2.47. The molecular formula is C12H13NO3. The molecule has 0 bridgehead atoms. The summed E-state index contributed by atoms with van der Waals surface area (Å²) in [5.74, 6) is 1.32. The predicted molar refractivity (Wildman–Crippen MR) is 57.4 cm³/mol. The molecule has 1 heterocycles. The third-order valence-corrected chi connectivity index (χ3v) is 2.88. The Morgan fingerprint density at radius 2 is 2.00 bits per heavy atom. The summed E-state index contributed by atoms with van der Waals surface area (Å²) in [6.45, 7) is 1.89. The van der Waals surface area contributed by atoms with Gasteiger partial charge >= 0.3 is 0 Å². The maximum absolute atomic E-state index is 8.80. The zero-order valence-electron chi connectivity index (χ0n) is 9.48. The second-order valence-corrected chi connectivity index (χ2v) is 3.80. The van der Waals surface area contributed by atoms with Gasteiger partial charge in [-0.05, 0) is 24.6 Å². The topological polar surface area (TPSA) is 54.8 Å². The molecule has 16 heavy (non-hydrogen) atoms. The van der Waals surface area contributed by atoms with Gasteiger partial charge in [-0.3, -0.25) is 0 Å². The summed E-state index contributed by atoms with van der Waals surface area (Å²) in [5, 5.41) is 8.80. The van der Waals surface area contributed by atoms with E-state index in [9.17, 15) is 0 Å². The number of nitrogens with zero attached hydrogens (tertiary/aromatic N) is 1.